The lowest BCUT2D eigenvalue weighted by Crippen LogP contribution is -2.43. The van der Waals surface area contributed by atoms with Crippen molar-refractivity contribution in [2.75, 3.05) is 20.3 Å². The van der Waals surface area contributed by atoms with Crippen molar-refractivity contribution in [2.45, 2.75) is 102 Å². The van der Waals surface area contributed by atoms with Crippen LogP contribution in [0, 0.1) is 29.6 Å². The van der Waals surface area contributed by atoms with E-state index in [1.807, 2.05) is 0 Å². The number of aliphatic hydroxyl groups excluding tert-OH is 2. The molecule has 3 rings (SSSR count). The summed E-state index contributed by atoms with van der Waals surface area (Å²) in [5.41, 5.74) is 0. The van der Waals surface area contributed by atoms with Gasteiger partial charge in [-0.05, 0) is 81.0 Å². The molecule has 0 radical (unpaired) electrons. The lowest BCUT2D eigenvalue weighted by atomic mass is 9.61. The Kier molecular flexibility index (Phi) is 10.5. The molecule has 3 saturated carbocycles. The van der Waals surface area contributed by atoms with E-state index < -0.39 is 5.97 Å². The third-order valence-corrected chi connectivity index (χ3v) is 8.55. The number of hydrogen-bond acceptors (Lipinski definition) is 6. The number of hydrogen-bond donors (Lipinski definition) is 3. The number of methoxy groups -OCH3 is 1. The first kappa shape index (κ1) is 26.4. The van der Waals surface area contributed by atoms with E-state index >= 15 is 0 Å². The SMILES string of the molecule is CCCCC[C@H](O)CC[C@@H]1[C@H]2CC3CCCC(OCC(=O)NCC(=O)OC)C3C[C@H]2C[C@H]1O. The second-order valence-corrected chi connectivity index (χ2v) is 10.6. The summed E-state index contributed by atoms with van der Waals surface area (Å²) >= 11 is 0. The molecule has 3 aliphatic rings. The number of esters is 1. The molecule has 0 heterocycles. The Morgan fingerprint density at radius 3 is 2.61 bits per heavy atom. The van der Waals surface area contributed by atoms with Gasteiger partial charge in [0.05, 0.1) is 25.4 Å². The highest BCUT2D eigenvalue weighted by Gasteiger charge is 2.50. The molecule has 3 unspecified atom stereocenters. The Balaban J connectivity index is 1.48. The van der Waals surface area contributed by atoms with Gasteiger partial charge in [0.2, 0.25) is 5.91 Å². The first-order valence-corrected chi connectivity index (χ1v) is 13.2. The second kappa shape index (κ2) is 13.1. The Labute approximate surface area is 199 Å². The molecule has 0 saturated heterocycles. The van der Waals surface area contributed by atoms with Crippen molar-refractivity contribution in [3.8, 4) is 0 Å². The molecule has 7 heteroatoms. The van der Waals surface area contributed by atoms with Crippen molar-refractivity contribution < 1.29 is 29.3 Å². The molecule has 190 valence electrons. The molecule has 0 bridgehead atoms. The van der Waals surface area contributed by atoms with Gasteiger partial charge < -0.3 is 25.0 Å². The second-order valence-electron chi connectivity index (χ2n) is 10.6. The number of ether oxygens (including phenoxy) is 2. The van der Waals surface area contributed by atoms with E-state index in [2.05, 4.69) is 17.0 Å². The smallest absolute Gasteiger partial charge is 0.325 e. The number of rotatable bonds is 12. The summed E-state index contributed by atoms with van der Waals surface area (Å²) in [5.74, 6) is 1.64. The van der Waals surface area contributed by atoms with Gasteiger partial charge in [-0.15, -0.1) is 0 Å². The van der Waals surface area contributed by atoms with Gasteiger partial charge in [0.1, 0.15) is 13.2 Å². The number of unbranched alkanes of at least 4 members (excludes halogenated alkanes) is 2. The monoisotopic (exact) mass is 467 g/mol. The molecular weight excluding hydrogens is 422 g/mol. The maximum atomic E-state index is 12.0. The van der Waals surface area contributed by atoms with Crippen LogP contribution in [0.3, 0.4) is 0 Å². The third-order valence-electron chi connectivity index (χ3n) is 8.55. The lowest BCUT2D eigenvalue weighted by molar-refractivity contribution is -0.142. The Bertz CT molecular complexity index is 628. The summed E-state index contributed by atoms with van der Waals surface area (Å²) in [4.78, 5) is 23.2. The van der Waals surface area contributed by atoms with Crippen LogP contribution in [0.25, 0.3) is 0 Å². The highest BCUT2D eigenvalue weighted by atomic mass is 16.5. The minimum absolute atomic E-state index is 0.0276. The maximum Gasteiger partial charge on any atom is 0.325 e. The molecule has 3 fully saturated rings. The highest BCUT2D eigenvalue weighted by Crippen LogP contribution is 2.54. The normalized spacial score (nSPS) is 34.2. The van der Waals surface area contributed by atoms with E-state index in [1.54, 1.807) is 0 Å². The first-order chi connectivity index (χ1) is 15.9. The molecule has 8 atom stereocenters. The quantitative estimate of drug-likeness (QED) is 0.301. The summed E-state index contributed by atoms with van der Waals surface area (Å²) in [6.07, 6.45) is 11.9. The molecule has 0 aromatic heterocycles. The summed E-state index contributed by atoms with van der Waals surface area (Å²) in [5, 5.41) is 23.8. The van der Waals surface area contributed by atoms with Crippen molar-refractivity contribution in [1.82, 2.24) is 5.32 Å². The van der Waals surface area contributed by atoms with E-state index in [0.29, 0.717) is 29.6 Å². The molecule has 3 N–H and O–H groups in total. The minimum atomic E-state index is -0.470. The molecular formula is C26H45NO6. The zero-order valence-corrected chi connectivity index (χ0v) is 20.5. The fraction of sp³-hybridized carbons (Fsp3) is 0.923. The van der Waals surface area contributed by atoms with E-state index in [9.17, 15) is 19.8 Å². The van der Waals surface area contributed by atoms with Crippen LogP contribution in [0.5, 0.6) is 0 Å². The molecule has 0 aromatic rings. The Morgan fingerprint density at radius 1 is 1.06 bits per heavy atom. The van der Waals surface area contributed by atoms with Gasteiger partial charge >= 0.3 is 5.97 Å². The van der Waals surface area contributed by atoms with E-state index in [-0.39, 0.29) is 37.4 Å². The number of aliphatic hydroxyl groups is 2. The first-order valence-electron chi connectivity index (χ1n) is 13.2. The summed E-state index contributed by atoms with van der Waals surface area (Å²) in [7, 11) is 1.30. The van der Waals surface area contributed by atoms with Crippen LogP contribution in [0.2, 0.25) is 0 Å². The van der Waals surface area contributed by atoms with Crippen molar-refractivity contribution in [2.24, 2.45) is 29.6 Å². The van der Waals surface area contributed by atoms with Gasteiger partial charge in [-0.3, -0.25) is 9.59 Å². The largest absolute Gasteiger partial charge is 0.468 e. The summed E-state index contributed by atoms with van der Waals surface area (Å²) in [6, 6.07) is 0. The zero-order valence-electron chi connectivity index (χ0n) is 20.5. The van der Waals surface area contributed by atoms with Crippen LogP contribution in [0.4, 0.5) is 0 Å². The summed E-state index contributed by atoms with van der Waals surface area (Å²) < 4.78 is 10.6. The van der Waals surface area contributed by atoms with E-state index in [4.69, 9.17) is 4.74 Å². The molecule has 3 aliphatic carbocycles. The molecule has 1 amide bonds. The number of carbonyl (C=O) groups excluding carboxylic acids is 2. The van der Waals surface area contributed by atoms with E-state index in [0.717, 1.165) is 57.8 Å². The van der Waals surface area contributed by atoms with Crippen LogP contribution in [0.1, 0.15) is 84.0 Å². The highest BCUT2D eigenvalue weighted by molar-refractivity contribution is 5.82. The van der Waals surface area contributed by atoms with Crippen molar-refractivity contribution in [3.05, 3.63) is 0 Å². The lowest BCUT2D eigenvalue weighted by Gasteiger charge is -2.46. The fourth-order valence-electron chi connectivity index (χ4n) is 6.83. The van der Waals surface area contributed by atoms with Crippen molar-refractivity contribution in [1.29, 1.82) is 0 Å². The average Bonchev–Trinajstić information content (AvgIpc) is 3.12. The maximum absolute atomic E-state index is 12.0. The van der Waals surface area contributed by atoms with Crippen LogP contribution in [-0.2, 0) is 19.1 Å². The van der Waals surface area contributed by atoms with Crippen LogP contribution in [-0.4, -0.2) is 60.7 Å². The minimum Gasteiger partial charge on any atom is -0.468 e. The molecule has 0 spiro atoms. The predicted octanol–water partition coefficient (Wildman–Crippen LogP) is 3.21. The molecule has 33 heavy (non-hydrogen) atoms. The number of nitrogens with one attached hydrogen (secondary N) is 1. The number of carbonyl (C=O) groups is 2. The standard InChI is InChI=1S/C26H45NO6/c1-3-4-5-8-19(28)10-11-20-21-12-17-7-6-9-24(22(17)13-18(21)14-23(20)29)33-16-25(30)27-15-26(31)32-2/h17-24,28-29H,3-16H2,1-2H3,(H,27,30)/t17?,18-,19-,20+,21-,22?,23+,24?/m0/s1. The van der Waals surface area contributed by atoms with Gasteiger partial charge in [-0.2, -0.15) is 0 Å². The molecule has 7 nitrogen and oxygen atoms in total. The fourth-order valence-corrected chi connectivity index (χ4v) is 6.83. The zero-order chi connectivity index (χ0) is 23.8. The summed E-state index contributed by atoms with van der Waals surface area (Å²) in [6.45, 7) is 2.02. The van der Waals surface area contributed by atoms with Crippen LogP contribution < -0.4 is 5.32 Å². The van der Waals surface area contributed by atoms with Gasteiger partial charge in [-0.1, -0.05) is 32.6 Å². The van der Waals surface area contributed by atoms with Gasteiger partial charge in [0.25, 0.3) is 0 Å². The van der Waals surface area contributed by atoms with Crippen molar-refractivity contribution >= 4 is 11.9 Å². The molecule has 0 aromatic carbocycles. The van der Waals surface area contributed by atoms with E-state index in [1.165, 1.54) is 26.4 Å². The molecule has 0 aliphatic heterocycles. The Hall–Kier alpha value is -1.18. The number of fused-ring (bicyclic) bond motifs is 2. The van der Waals surface area contributed by atoms with Crippen LogP contribution >= 0.6 is 0 Å². The Morgan fingerprint density at radius 2 is 1.85 bits per heavy atom. The van der Waals surface area contributed by atoms with Gasteiger partial charge in [0, 0.05) is 0 Å². The van der Waals surface area contributed by atoms with Crippen LogP contribution in [0.15, 0.2) is 0 Å². The number of amides is 1. The topological polar surface area (TPSA) is 105 Å². The third kappa shape index (κ3) is 7.40. The van der Waals surface area contributed by atoms with Crippen molar-refractivity contribution in [3.63, 3.8) is 0 Å². The predicted molar refractivity (Wildman–Crippen MR) is 125 cm³/mol. The van der Waals surface area contributed by atoms with Gasteiger partial charge in [-0.25, -0.2) is 0 Å². The average molecular weight is 468 g/mol. The van der Waals surface area contributed by atoms with Gasteiger partial charge in [0.15, 0.2) is 0 Å².